The molecular formula is C16H31F. The van der Waals surface area contributed by atoms with E-state index in [2.05, 4.69) is 27.7 Å². The first-order chi connectivity index (χ1) is 7.83. The van der Waals surface area contributed by atoms with Crippen molar-refractivity contribution in [2.24, 2.45) is 17.3 Å². The Hall–Kier alpha value is -0.330. The van der Waals surface area contributed by atoms with Crippen LogP contribution in [0.4, 0.5) is 4.39 Å². The van der Waals surface area contributed by atoms with Gasteiger partial charge in [-0.25, -0.2) is 4.39 Å². The molecule has 0 saturated heterocycles. The van der Waals surface area contributed by atoms with E-state index in [4.69, 9.17) is 0 Å². The third-order valence-electron chi connectivity index (χ3n) is 4.86. The molecule has 0 spiro atoms. The molecule has 0 aliphatic rings. The quantitative estimate of drug-likeness (QED) is 0.496. The molecule has 4 unspecified atom stereocenters. The molecule has 0 aliphatic carbocycles. The molecule has 0 fully saturated rings. The highest BCUT2D eigenvalue weighted by atomic mass is 19.1. The van der Waals surface area contributed by atoms with Gasteiger partial charge in [-0.05, 0) is 31.6 Å². The molecule has 0 N–H and O–H groups in total. The van der Waals surface area contributed by atoms with Gasteiger partial charge in [0, 0.05) is 5.92 Å². The number of hydrogen-bond donors (Lipinski definition) is 0. The van der Waals surface area contributed by atoms with Crippen LogP contribution in [-0.4, -0.2) is 6.17 Å². The highest BCUT2D eigenvalue weighted by Gasteiger charge is 2.36. The first-order valence-electron chi connectivity index (χ1n) is 7.10. The van der Waals surface area contributed by atoms with Crippen molar-refractivity contribution < 1.29 is 4.39 Å². The Morgan fingerprint density at radius 3 is 2.18 bits per heavy atom. The SMILES string of the molecule is C/C=C(\C)C(C)C(F)C(C)C(C)(CC)CCC. The minimum absolute atomic E-state index is 0.0396. The third kappa shape index (κ3) is 4.12. The minimum atomic E-state index is -0.734. The van der Waals surface area contributed by atoms with Gasteiger partial charge in [0.1, 0.15) is 6.17 Å². The molecule has 0 aromatic rings. The van der Waals surface area contributed by atoms with Gasteiger partial charge >= 0.3 is 0 Å². The molecule has 0 bridgehead atoms. The van der Waals surface area contributed by atoms with Crippen molar-refractivity contribution >= 4 is 0 Å². The van der Waals surface area contributed by atoms with Gasteiger partial charge in [-0.3, -0.25) is 0 Å². The van der Waals surface area contributed by atoms with E-state index in [1.165, 1.54) is 5.57 Å². The number of allylic oxidation sites excluding steroid dienone is 2. The van der Waals surface area contributed by atoms with Gasteiger partial charge in [0.15, 0.2) is 0 Å². The van der Waals surface area contributed by atoms with Crippen LogP contribution in [0.2, 0.25) is 0 Å². The average molecular weight is 242 g/mol. The second-order valence-electron chi connectivity index (χ2n) is 5.81. The van der Waals surface area contributed by atoms with Crippen LogP contribution >= 0.6 is 0 Å². The number of hydrogen-bond acceptors (Lipinski definition) is 0. The molecular weight excluding hydrogens is 211 g/mol. The summed E-state index contributed by atoms with van der Waals surface area (Å²) < 4.78 is 14.6. The zero-order chi connectivity index (χ0) is 13.6. The second-order valence-corrected chi connectivity index (χ2v) is 5.81. The number of rotatable bonds is 7. The fraction of sp³-hybridized carbons (Fsp3) is 0.875. The maximum atomic E-state index is 14.6. The number of halogens is 1. The summed E-state index contributed by atoms with van der Waals surface area (Å²) in [5.74, 6) is 0.162. The van der Waals surface area contributed by atoms with E-state index in [1.54, 1.807) is 0 Å². The van der Waals surface area contributed by atoms with E-state index in [1.807, 2.05) is 26.8 Å². The van der Waals surface area contributed by atoms with Crippen molar-refractivity contribution in [3.63, 3.8) is 0 Å². The third-order valence-corrected chi connectivity index (χ3v) is 4.86. The average Bonchev–Trinajstić information content (AvgIpc) is 2.35. The summed E-state index contributed by atoms with van der Waals surface area (Å²) in [7, 11) is 0. The first-order valence-corrected chi connectivity index (χ1v) is 7.10. The van der Waals surface area contributed by atoms with Crippen molar-refractivity contribution in [1.29, 1.82) is 0 Å². The molecule has 0 aromatic heterocycles. The topological polar surface area (TPSA) is 0 Å². The van der Waals surface area contributed by atoms with Crippen LogP contribution in [0.25, 0.3) is 0 Å². The molecule has 0 aliphatic heterocycles. The van der Waals surface area contributed by atoms with Crippen LogP contribution in [0.5, 0.6) is 0 Å². The minimum Gasteiger partial charge on any atom is -0.247 e. The maximum absolute atomic E-state index is 14.6. The molecule has 0 aromatic carbocycles. The van der Waals surface area contributed by atoms with Crippen LogP contribution in [0.1, 0.15) is 67.7 Å². The van der Waals surface area contributed by atoms with Crippen molar-refractivity contribution in [3.05, 3.63) is 11.6 Å². The summed E-state index contributed by atoms with van der Waals surface area (Å²) in [6.45, 7) is 14.7. The van der Waals surface area contributed by atoms with Gasteiger partial charge in [0.05, 0.1) is 0 Å². The highest BCUT2D eigenvalue weighted by molar-refractivity contribution is 5.04. The standard InChI is InChI=1S/C16H31F/c1-8-11-16(7,10-3)14(6)15(17)13(5)12(4)9-2/h9,13-15H,8,10-11H2,1-7H3/b12-9+. The monoisotopic (exact) mass is 242 g/mol. The summed E-state index contributed by atoms with van der Waals surface area (Å²) in [5.41, 5.74) is 1.30. The fourth-order valence-electron chi connectivity index (χ4n) is 2.63. The molecule has 1 heteroatoms. The summed E-state index contributed by atoms with van der Waals surface area (Å²) in [5, 5.41) is 0. The van der Waals surface area contributed by atoms with Gasteiger partial charge in [0.25, 0.3) is 0 Å². The fourth-order valence-corrected chi connectivity index (χ4v) is 2.63. The predicted molar refractivity (Wildman–Crippen MR) is 76.0 cm³/mol. The van der Waals surface area contributed by atoms with E-state index >= 15 is 0 Å². The molecule has 0 amide bonds. The van der Waals surface area contributed by atoms with E-state index in [0.717, 1.165) is 19.3 Å². The zero-order valence-electron chi connectivity index (χ0n) is 12.8. The molecule has 0 saturated carbocycles. The Morgan fingerprint density at radius 1 is 1.29 bits per heavy atom. The van der Waals surface area contributed by atoms with Crippen molar-refractivity contribution in [1.82, 2.24) is 0 Å². The largest absolute Gasteiger partial charge is 0.247 e. The smallest absolute Gasteiger partial charge is 0.109 e. The van der Waals surface area contributed by atoms with Gasteiger partial charge in [-0.2, -0.15) is 0 Å². The Balaban J connectivity index is 4.83. The summed E-state index contributed by atoms with van der Waals surface area (Å²) in [6, 6.07) is 0. The molecule has 0 rings (SSSR count). The van der Waals surface area contributed by atoms with Crippen LogP contribution < -0.4 is 0 Å². The molecule has 102 valence electrons. The van der Waals surface area contributed by atoms with Crippen molar-refractivity contribution in [2.45, 2.75) is 73.9 Å². The Morgan fingerprint density at radius 2 is 1.82 bits per heavy atom. The van der Waals surface area contributed by atoms with Gasteiger partial charge in [-0.1, -0.05) is 59.1 Å². The highest BCUT2D eigenvalue weighted by Crippen LogP contribution is 2.41. The molecule has 0 radical (unpaired) electrons. The van der Waals surface area contributed by atoms with E-state index in [0.29, 0.717) is 0 Å². The van der Waals surface area contributed by atoms with E-state index in [-0.39, 0.29) is 17.3 Å². The lowest BCUT2D eigenvalue weighted by atomic mass is 9.68. The second kappa shape index (κ2) is 7.18. The summed E-state index contributed by atoms with van der Waals surface area (Å²) >= 11 is 0. The molecule has 17 heavy (non-hydrogen) atoms. The van der Waals surface area contributed by atoms with E-state index < -0.39 is 6.17 Å². The van der Waals surface area contributed by atoms with Crippen LogP contribution in [0.3, 0.4) is 0 Å². The molecule has 0 heterocycles. The molecule has 4 atom stereocenters. The molecule has 0 nitrogen and oxygen atoms in total. The van der Waals surface area contributed by atoms with Gasteiger partial charge in [0.2, 0.25) is 0 Å². The van der Waals surface area contributed by atoms with Gasteiger partial charge in [-0.15, -0.1) is 0 Å². The Labute approximate surface area is 108 Å². The lowest BCUT2D eigenvalue weighted by Crippen LogP contribution is -2.35. The zero-order valence-corrected chi connectivity index (χ0v) is 12.8. The van der Waals surface area contributed by atoms with Crippen LogP contribution in [0.15, 0.2) is 11.6 Å². The van der Waals surface area contributed by atoms with E-state index in [9.17, 15) is 4.39 Å². The lowest BCUT2D eigenvalue weighted by Gasteiger charge is -2.39. The van der Waals surface area contributed by atoms with Crippen LogP contribution in [0, 0.1) is 17.3 Å². The van der Waals surface area contributed by atoms with Crippen molar-refractivity contribution in [3.8, 4) is 0 Å². The number of alkyl halides is 1. The summed E-state index contributed by atoms with van der Waals surface area (Å²) in [6.07, 6.45) is 4.62. The predicted octanol–water partition coefficient (Wildman–Crippen LogP) is 5.78. The first kappa shape index (κ1) is 16.7. The Bertz CT molecular complexity index is 244. The summed E-state index contributed by atoms with van der Waals surface area (Å²) in [4.78, 5) is 0. The maximum Gasteiger partial charge on any atom is 0.109 e. The van der Waals surface area contributed by atoms with Crippen LogP contribution in [-0.2, 0) is 0 Å². The normalized spacial score (nSPS) is 21.8. The van der Waals surface area contributed by atoms with Crippen molar-refractivity contribution in [2.75, 3.05) is 0 Å². The van der Waals surface area contributed by atoms with Gasteiger partial charge < -0.3 is 0 Å². The Kier molecular flexibility index (Phi) is 7.04. The lowest BCUT2D eigenvalue weighted by molar-refractivity contribution is 0.0635.